The molecule has 4 rings (SSSR count). The van der Waals surface area contributed by atoms with Gasteiger partial charge in [-0.3, -0.25) is 28.8 Å². The van der Waals surface area contributed by atoms with E-state index in [9.17, 15) is 33.9 Å². The van der Waals surface area contributed by atoms with Crippen LogP contribution in [0.25, 0.3) is 0 Å². The molecule has 3 aliphatic heterocycles. The van der Waals surface area contributed by atoms with Gasteiger partial charge in [0, 0.05) is 44.6 Å². The van der Waals surface area contributed by atoms with Crippen LogP contribution in [0.15, 0.2) is 60.2 Å². The molecule has 1 aromatic carbocycles. The molecular formula is C45H64BrN5O11. The van der Waals surface area contributed by atoms with E-state index in [2.05, 4.69) is 55.5 Å². The fourth-order valence-electron chi connectivity index (χ4n) is 7.41. The fourth-order valence-corrected chi connectivity index (χ4v) is 7.61. The molecule has 1 aromatic rings. The number of halogens is 1. The maximum Gasteiger partial charge on any atom is 0.303 e. The molecule has 3 aliphatic rings. The highest BCUT2D eigenvalue weighted by atomic mass is 79.9. The van der Waals surface area contributed by atoms with Crippen molar-refractivity contribution in [3.05, 3.63) is 65.8 Å². The Hall–Kier alpha value is -4.42. The number of hydrogen-bond donors (Lipinski definition) is 6. The first-order valence-corrected chi connectivity index (χ1v) is 22.6. The average Bonchev–Trinajstić information content (AvgIpc) is 4.01. The van der Waals surface area contributed by atoms with E-state index in [1.807, 2.05) is 26.0 Å². The van der Waals surface area contributed by atoms with Crippen LogP contribution in [-0.4, -0.2) is 114 Å². The molecule has 0 aliphatic carbocycles. The van der Waals surface area contributed by atoms with Crippen molar-refractivity contribution in [1.29, 1.82) is 0 Å². The summed E-state index contributed by atoms with van der Waals surface area (Å²) in [7, 11) is 0. The predicted molar refractivity (Wildman–Crippen MR) is 236 cm³/mol. The first-order chi connectivity index (χ1) is 29.5. The summed E-state index contributed by atoms with van der Waals surface area (Å²) in [6.45, 7) is 10.1. The van der Waals surface area contributed by atoms with Gasteiger partial charge in [-0.2, -0.15) is 0 Å². The van der Waals surface area contributed by atoms with Gasteiger partial charge in [-0.05, 0) is 76.1 Å². The zero-order chi connectivity index (χ0) is 45.2. The van der Waals surface area contributed by atoms with Gasteiger partial charge in [-0.1, -0.05) is 65.2 Å². The molecule has 1 spiro atoms. The molecule has 3 fully saturated rings. The van der Waals surface area contributed by atoms with Crippen molar-refractivity contribution in [2.75, 3.05) is 30.3 Å². The van der Waals surface area contributed by atoms with E-state index in [1.54, 1.807) is 31.2 Å². The molecule has 0 unspecified atom stereocenters. The van der Waals surface area contributed by atoms with E-state index in [0.717, 1.165) is 30.4 Å². The number of epoxide rings is 1. The van der Waals surface area contributed by atoms with Crippen molar-refractivity contribution in [2.45, 2.75) is 141 Å². The highest BCUT2D eigenvalue weighted by molar-refractivity contribution is 9.09. The van der Waals surface area contributed by atoms with Gasteiger partial charge < -0.3 is 50.6 Å². The molecule has 62 heavy (non-hydrogen) atoms. The molecule has 342 valence electrons. The first kappa shape index (κ1) is 50.2. The van der Waals surface area contributed by atoms with Crippen molar-refractivity contribution in [3.8, 4) is 0 Å². The fraction of sp³-hybridized carbons (Fsp3) is 0.600. The SMILES string of the molecule is CC(=O)O[C@@H](C)/C=C\C(=O)N[C@@H]1C[C@H](C)[C@H](C/C=C(C)/C=C/[C@H]2O[C@H](CC(=O)NCc3ccc(NC(=O)CNC(=O)CCCCCNC(=O)CBr)cc3)C[C@@]3(CO3)[C@@H]2O)O[C@@H]1C. The zero-order valence-electron chi connectivity index (χ0n) is 36.4. The minimum Gasteiger partial charge on any atom is -0.459 e. The topological polar surface area (TPSA) is 223 Å². The minimum atomic E-state index is -0.878. The molecule has 6 N–H and O–H groups in total. The molecule has 5 amide bonds. The van der Waals surface area contributed by atoms with Crippen LogP contribution in [0.3, 0.4) is 0 Å². The number of allylic oxidation sites excluding steroid dienone is 2. The van der Waals surface area contributed by atoms with E-state index in [1.165, 1.54) is 19.1 Å². The molecule has 3 heterocycles. The zero-order valence-corrected chi connectivity index (χ0v) is 38.0. The molecule has 16 nitrogen and oxygen atoms in total. The second kappa shape index (κ2) is 25.0. The normalized spacial score (nSPS) is 26.4. The molecule has 3 saturated heterocycles. The summed E-state index contributed by atoms with van der Waals surface area (Å²) in [6.07, 6.45) is 10.4. The predicted octanol–water partition coefficient (Wildman–Crippen LogP) is 3.81. The van der Waals surface area contributed by atoms with Crippen LogP contribution in [0, 0.1) is 5.92 Å². The van der Waals surface area contributed by atoms with Gasteiger partial charge in [0.05, 0.1) is 49.3 Å². The molecule has 0 radical (unpaired) electrons. The van der Waals surface area contributed by atoms with E-state index < -0.39 is 36.0 Å². The second-order valence-corrected chi connectivity index (χ2v) is 17.0. The maximum atomic E-state index is 13.0. The first-order valence-electron chi connectivity index (χ1n) is 21.4. The van der Waals surface area contributed by atoms with E-state index in [0.29, 0.717) is 44.5 Å². The summed E-state index contributed by atoms with van der Waals surface area (Å²) in [5.41, 5.74) is 1.60. The van der Waals surface area contributed by atoms with Crippen LogP contribution in [-0.2, 0) is 54.3 Å². The number of rotatable bonds is 22. The van der Waals surface area contributed by atoms with Gasteiger partial charge in [0.15, 0.2) is 0 Å². The highest BCUT2D eigenvalue weighted by Crippen LogP contribution is 2.43. The number of carbonyl (C=O) groups excluding carboxylic acids is 6. The Labute approximate surface area is 372 Å². The smallest absolute Gasteiger partial charge is 0.303 e. The van der Waals surface area contributed by atoms with Crippen LogP contribution < -0.4 is 26.6 Å². The Morgan fingerprint density at radius 2 is 1.69 bits per heavy atom. The third-order valence-electron chi connectivity index (χ3n) is 11.0. The second-order valence-electron chi connectivity index (χ2n) is 16.4. The van der Waals surface area contributed by atoms with Crippen molar-refractivity contribution in [1.82, 2.24) is 21.3 Å². The lowest BCUT2D eigenvalue weighted by Crippen LogP contribution is -2.50. The van der Waals surface area contributed by atoms with Crippen molar-refractivity contribution in [3.63, 3.8) is 0 Å². The number of benzene rings is 1. The lowest BCUT2D eigenvalue weighted by molar-refractivity contribution is -0.145. The Morgan fingerprint density at radius 1 is 0.952 bits per heavy atom. The Balaban J connectivity index is 1.16. The van der Waals surface area contributed by atoms with Crippen molar-refractivity contribution < 1.29 is 52.8 Å². The number of amides is 5. The number of aliphatic hydroxyl groups is 1. The number of esters is 1. The van der Waals surface area contributed by atoms with Crippen molar-refractivity contribution in [2.24, 2.45) is 5.92 Å². The largest absolute Gasteiger partial charge is 0.459 e. The molecule has 0 bridgehead atoms. The van der Waals surface area contributed by atoms with Gasteiger partial charge in [-0.25, -0.2) is 0 Å². The number of hydrogen-bond acceptors (Lipinski definition) is 11. The van der Waals surface area contributed by atoms with Gasteiger partial charge in [0.25, 0.3) is 0 Å². The van der Waals surface area contributed by atoms with Crippen LogP contribution in [0.1, 0.15) is 91.5 Å². The third kappa shape index (κ3) is 17.4. The number of aliphatic hydroxyl groups excluding tert-OH is 1. The summed E-state index contributed by atoms with van der Waals surface area (Å²) in [6, 6.07) is 6.87. The van der Waals surface area contributed by atoms with Gasteiger partial charge in [0.2, 0.25) is 29.5 Å². The molecule has 0 aromatic heterocycles. The van der Waals surface area contributed by atoms with Crippen LogP contribution in [0.5, 0.6) is 0 Å². The summed E-state index contributed by atoms with van der Waals surface area (Å²) in [5, 5.41) is 25.4. The lowest BCUT2D eigenvalue weighted by Gasteiger charge is -2.39. The maximum absolute atomic E-state index is 13.0. The third-order valence-corrected chi connectivity index (χ3v) is 11.5. The van der Waals surface area contributed by atoms with Crippen LogP contribution in [0.4, 0.5) is 5.69 Å². The van der Waals surface area contributed by atoms with Crippen LogP contribution >= 0.6 is 15.9 Å². The van der Waals surface area contributed by atoms with E-state index in [-0.39, 0.29) is 78.5 Å². The number of anilines is 1. The lowest BCUT2D eigenvalue weighted by atomic mass is 9.87. The monoisotopic (exact) mass is 929 g/mol. The molecular weight excluding hydrogens is 866 g/mol. The molecule has 9 atom stereocenters. The van der Waals surface area contributed by atoms with Crippen molar-refractivity contribution >= 4 is 57.1 Å². The summed E-state index contributed by atoms with van der Waals surface area (Å²) in [5.74, 6) is -1.36. The van der Waals surface area contributed by atoms with Gasteiger partial charge in [-0.15, -0.1) is 0 Å². The van der Waals surface area contributed by atoms with Crippen LogP contribution in [0.2, 0.25) is 0 Å². The summed E-state index contributed by atoms with van der Waals surface area (Å²) in [4.78, 5) is 72.3. The summed E-state index contributed by atoms with van der Waals surface area (Å²) < 4.78 is 23.3. The Morgan fingerprint density at radius 3 is 2.39 bits per heavy atom. The summed E-state index contributed by atoms with van der Waals surface area (Å²) >= 11 is 3.09. The Kier molecular flexibility index (Phi) is 20.3. The minimum absolute atomic E-state index is 0.0483. The standard InChI is InChI=1S/C45H64BrN5O11/c1-28(10-17-37-29(2)21-36(31(4)61-37)51-40(54)19-12-30(3)60-32(5)52)11-18-38-44(58)45(27-59-45)23-35(62-38)22-41(55)48-25-33-13-15-34(16-14-33)50-43(57)26-49-39(53)9-7-6-8-20-47-42(56)24-46/h10-16,18-19,29-31,35-38,44,58H,6-9,17,20-27H2,1-5H3,(H,47,56)(H,48,55)(H,49,53)(H,50,57)(H,51,54)/b18-11+,19-12-,28-10+/t29-,30-,31+,35+,36+,37-,38+,44+,45+/m0/s1. The number of unbranched alkanes of at least 4 members (excludes halogenated alkanes) is 2. The van der Waals surface area contributed by atoms with Gasteiger partial charge in [0.1, 0.15) is 23.9 Å². The van der Waals surface area contributed by atoms with E-state index in [4.69, 9.17) is 18.9 Å². The Bertz CT molecular complexity index is 1780. The number of ether oxygens (including phenoxy) is 4. The quantitative estimate of drug-likeness (QED) is 0.0245. The number of nitrogens with one attached hydrogen (secondary N) is 5. The number of alkyl halides is 1. The number of carbonyl (C=O) groups is 6. The average molecular weight is 931 g/mol. The van der Waals surface area contributed by atoms with E-state index >= 15 is 0 Å². The molecule has 17 heteroatoms. The highest BCUT2D eigenvalue weighted by Gasteiger charge is 2.58. The molecule has 0 saturated carbocycles. The van der Waals surface area contributed by atoms with Gasteiger partial charge >= 0.3 is 5.97 Å².